The highest BCUT2D eigenvalue weighted by atomic mass is 127. The Hall–Kier alpha value is -0.380. The van der Waals surface area contributed by atoms with Crippen LogP contribution >= 0.6 is 38.5 Å². The maximum atomic E-state index is 12.4. The van der Waals surface area contributed by atoms with E-state index in [0.717, 1.165) is 6.07 Å². The number of hydrogen-bond donors (Lipinski definition) is 0. The predicted molar refractivity (Wildman–Crippen MR) is 61.2 cm³/mol. The van der Waals surface area contributed by atoms with Crippen molar-refractivity contribution >= 4 is 44.2 Å². The molecule has 15 heavy (non-hydrogen) atoms. The van der Waals surface area contributed by atoms with Crippen LogP contribution < -0.4 is 0 Å². The number of halogens is 4. The summed E-state index contributed by atoms with van der Waals surface area (Å²) in [4.78, 5) is 13.5. The number of nitrogens with zero attached hydrogens (tertiary/aromatic N) is 2. The zero-order valence-electron chi connectivity index (χ0n) is 7.08. The molecule has 1 aromatic heterocycles. The van der Waals surface area contributed by atoms with Gasteiger partial charge in [0.15, 0.2) is 0 Å². The molecule has 0 aliphatic heterocycles. The Morgan fingerprint density at radius 2 is 2.27 bits per heavy atom. The van der Waals surface area contributed by atoms with Crippen molar-refractivity contribution < 1.29 is 13.7 Å². The van der Waals surface area contributed by atoms with Crippen molar-refractivity contribution in [3.63, 3.8) is 0 Å². The normalized spacial score (nSPS) is 10.7. The quantitative estimate of drug-likeness (QED) is 0.343. The second-order valence-electron chi connectivity index (χ2n) is 2.51. The molecule has 1 rings (SSSR count). The van der Waals surface area contributed by atoms with E-state index in [4.69, 9.17) is 0 Å². The standard InChI is InChI=1S/C7H4BrF2IN2O2/c8-2-4-5(13(14)15)1-3(11)6(12-4)7(9)10/h1,7H,2H2. The molecule has 0 spiro atoms. The number of alkyl halides is 3. The van der Waals surface area contributed by atoms with Gasteiger partial charge < -0.3 is 0 Å². The maximum absolute atomic E-state index is 12.4. The van der Waals surface area contributed by atoms with Crippen molar-refractivity contribution in [2.75, 3.05) is 0 Å². The van der Waals surface area contributed by atoms with Gasteiger partial charge in [-0.3, -0.25) is 10.1 Å². The Labute approximate surface area is 105 Å². The first-order valence-electron chi connectivity index (χ1n) is 3.65. The van der Waals surface area contributed by atoms with Gasteiger partial charge in [-0.15, -0.1) is 0 Å². The van der Waals surface area contributed by atoms with Crippen molar-refractivity contribution in [2.45, 2.75) is 11.8 Å². The number of aromatic nitrogens is 1. The summed E-state index contributed by atoms with van der Waals surface area (Å²) in [5, 5.41) is 10.6. The van der Waals surface area contributed by atoms with Crippen LogP contribution in [0.25, 0.3) is 0 Å². The average molecular weight is 393 g/mol. The molecule has 0 radical (unpaired) electrons. The number of pyridine rings is 1. The minimum Gasteiger partial charge on any atom is -0.258 e. The molecule has 0 saturated heterocycles. The molecule has 82 valence electrons. The van der Waals surface area contributed by atoms with Gasteiger partial charge in [-0.05, 0) is 22.6 Å². The molecule has 0 N–H and O–H groups in total. The third-order valence-corrected chi connectivity index (χ3v) is 2.98. The van der Waals surface area contributed by atoms with Crippen molar-refractivity contribution in [3.05, 3.63) is 31.1 Å². The fourth-order valence-corrected chi connectivity index (χ4v) is 2.01. The lowest BCUT2D eigenvalue weighted by molar-refractivity contribution is -0.385. The first-order chi connectivity index (χ1) is 6.97. The fraction of sp³-hybridized carbons (Fsp3) is 0.286. The molecule has 1 aromatic rings. The van der Waals surface area contributed by atoms with Crippen LogP contribution in [0.1, 0.15) is 17.8 Å². The van der Waals surface area contributed by atoms with Crippen LogP contribution in [-0.2, 0) is 5.33 Å². The molecule has 0 amide bonds. The van der Waals surface area contributed by atoms with E-state index in [1.807, 2.05) is 0 Å². The fourth-order valence-electron chi connectivity index (χ4n) is 0.943. The van der Waals surface area contributed by atoms with E-state index in [-0.39, 0.29) is 20.3 Å². The molecule has 0 aliphatic carbocycles. The summed E-state index contributed by atoms with van der Waals surface area (Å²) in [5.41, 5.74) is -0.660. The Morgan fingerprint density at radius 1 is 1.67 bits per heavy atom. The second kappa shape index (κ2) is 5.10. The largest absolute Gasteiger partial charge is 0.292 e. The molecule has 0 aliphatic rings. The van der Waals surface area contributed by atoms with Gasteiger partial charge in [0.05, 0.1) is 10.3 Å². The topological polar surface area (TPSA) is 56.0 Å². The van der Waals surface area contributed by atoms with E-state index in [2.05, 4.69) is 20.9 Å². The molecule has 0 aromatic carbocycles. The molecular weight excluding hydrogens is 389 g/mol. The highest BCUT2D eigenvalue weighted by molar-refractivity contribution is 14.1. The summed E-state index contributed by atoms with van der Waals surface area (Å²) in [6.45, 7) is 0. The zero-order chi connectivity index (χ0) is 11.6. The Kier molecular flexibility index (Phi) is 4.32. The number of hydrogen-bond acceptors (Lipinski definition) is 3. The van der Waals surface area contributed by atoms with Crippen molar-refractivity contribution in [2.24, 2.45) is 0 Å². The minimum atomic E-state index is -2.73. The van der Waals surface area contributed by atoms with Gasteiger partial charge in [-0.2, -0.15) is 0 Å². The second-order valence-corrected chi connectivity index (χ2v) is 4.24. The third kappa shape index (κ3) is 2.80. The number of nitro groups is 1. The van der Waals surface area contributed by atoms with Crippen LogP contribution in [-0.4, -0.2) is 9.91 Å². The van der Waals surface area contributed by atoms with E-state index in [1.165, 1.54) is 0 Å². The summed E-state index contributed by atoms with van der Waals surface area (Å²) in [6.07, 6.45) is -2.73. The molecule has 0 fully saturated rings. The highest BCUT2D eigenvalue weighted by Gasteiger charge is 2.22. The lowest BCUT2D eigenvalue weighted by Crippen LogP contribution is -2.03. The van der Waals surface area contributed by atoms with Crippen LogP contribution in [0, 0.1) is 13.7 Å². The Morgan fingerprint density at radius 3 is 2.67 bits per heavy atom. The molecule has 0 atom stereocenters. The van der Waals surface area contributed by atoms with E-state index < -0.39 is 17.0 Å². The molecular formula is C7H4BrF2IN2O2. The SMILES string of the molecule is O=[N+]([O-])c1cc(I)c(C(F)F)nc1CBr. The van der Waals surface area contributed by atoms with Crippen LogP contribution in [0.2, 0.25) is 0 Å². The van der Waals surface area contributed by atoms with Gasteiger partial charge in [0.2, 0.25) is 0 Å². The third-order valence-electron chi connectivity index (χ3n) is 1.59. The molecule has 8 heteroatoms. The summed E-state index contributed by atoms with van der Waals surface area (Å²) in [7, 11) is 0. The van der Waals surface area contributed by atoms with Crippen molar-refractivity contribution in [1.29, 1.82) is 0 Å². The van der Waals surface area contributed by atoms with Gasteiger partial charge in [0.1, 0.15) is 11.4 Å². The van der Waals surface area contributed by atoms with Crippen LogP contribution in [0.4, 0.5) is 14.5 Å². The predicted octanol–water partition coefficient (Wildman–Crippen LogP) is 3.43. The lowest BCUT2D eigenvalue weighted by Gasteiger charge is -2.05. The monoisotopic (exact) mass is 392 g/mol. The van der Waals surface area contributed by atoms with E-state index in [9.17, 15) is 18.9 Å². The zero-order valence-corrected chi connectivity index (χ0v) is 10.8. The van der Waals surface area contributed by atoms with Crippen molar-refractivity contribution in [3.8, 4) is 0 Å². The smallest absolute Gasteiger partial charge is 0.258 e. The summed E-state index contributed by atoms with van der Waals surface area (Å²) < 4.78 is 24.9. The average Bonchev–Trinajstić information content (AvgIpc) is 2.16. The van der Waals surface area contributed by atoms with Gasteiger partial charge in [-0.25, -0.2) is 13.8 Å². The van der Waals surface area contributed by atoms with Crippen molar-refractivity contribution in [1.82, 2.24) is 4.98 Å². The van der Waals surface area contributed by atoms with Gasteiger partial charge >= 0.3 is 0 Å². The molecule has 0 saturated carbocycles. The first kappa shape index (κ1) is 12.7. The minimum absolute atomic E-state index is 0.00992. The van der Waals surface area contributed by atoms with E-state index >= 15 is 0 Å². The molecule has 0 bridgehead atoms. The van der Waals surface area contributed by atoms with E-state index in [1.54, 1.807) is 22.6 Å². The number of rotatable bonds is 3. The van der Waals surface area contributed by atoms with Gasteiger partial charge in [-0.1, -0.05) is 15.9 Å². The maximum Gasteiger partial charge on any atom is 0.292 e. The molecule has 0 unspecified atom stereocenters. The Bertz CT molecular complexity index is 403. The lowest BCUT2D eigenvalue weighted by atomic mass is 10.3. The summed E-state index contributed by atoms with van der Waals surface area (Å²) in [6, 6.07) is 1.10. The highest BCUT2D eigenvalue weighted by Crippen LogP contribution is 2.28. The molecule has 4 nitrogen and oxygen atoms in total. The first-order valence-corrected chi connectivity index (χ1v) is 5.85. The van der Waals surface area contributed by atoms with Crippen LogP contribution in [0.3, 0.4) is 0 Å². The van der Waals surface area contributed by atoms with Crippen LogP contribution in [0.15, 0.2) is 6.07 Å². The summed E-state index contributed by atoms with van der Waals surface area (Å²) in [5.74, 6) is 0. The van der Waals surface area contributed by atoms with Gasteiger partial charge in [0.25, 0.3) is 12.1 Å². The Balaban J connectivity index is 3.35. The summed E-state index contributed by atoms with van der Waals surface area (Å²) >= 11 is 4.58. The van der Waals surface area contributed by atoms with E-state index in [0.29, 0.717) is 0 Å². The van der Waals surface area contributed by atoms with Crippen LogP contribution in [0.5, 0.6) is 0 Å². The molecule has 1 heterocycles. The van der Waals surface area contributed by atoms with Gasteiger partial charge in [0, 0.05) is 9.64 Å².